The molecule has 0 unspecified atom stereocenters. The van der Waals surface area contributed by atoms with Gasteiger partial charge in [0.25, 0.3) is 0 Å². The van der Waals surface area contributed by atoms with Gasteiger partial charge in [0.05, 0.1) is 6.20 Å². The number of nitrogens with zero attached hydrogens (tertiary/aromatic N) is 3. The second-order valence-electron chi connectivity index (χ2n) is 5.15. The molecule has 1 heterocycles. The zero-order valence-corrected chi connectivity index (χ0v) is 12.5. The predicted octanol–water partition coefficient (Wildman–Crippen LogP) is 3.98. The van der Waals surface area contributed by atoms with E-state index in [2.05, 4.69) is 32.7 Å². The van der Waals surface area contributed by atoms with Crippen LogP contribution in [-0.2, 0) is 0 Å². The average Bonchev–Trinajstić information content (AvgIpc) is 2.50. The number of benzene rings is 2. The molecule has 22 heavy (non-hydrogen) atoms. The van der Waals surface area contributed by atoms with Gasteiger partial charge >= 0.3 is 0 Å². The number of rotatable bonds is 4. The van der Waals surface area contributed by atoms with Gasteiger partial charge in [-0.3, -0.25) is 0 Å². The Morgan fingerprint density at radius 2 is 1.64 bits per heavy atom. The highest BCUT2D eigenvalue weighted by Gasteiger charge is 2.02. The van der Waals surface area contributed by atoms with Crippen molar-refractivity contribution in [2.24, 2.45) is 0 Å². The Morgan fingerprint density at radius 3 is 2.41 bits per heavy atom. The number of hydrogen-bond donors (Lipinski definition) is 2. The fraction of sp³-hybridized carbons (Fsp3) is 0.118. The highest BCUT2D eigenvalue weighted by atomic mass is 15.3. The van der Waals surface area contributed by atoms with Crippen molar-refractivity contribution in [2.45, 2.75) is 13.8 Å². The van der Waals surface area contributed by atoms with Gasteiger partial charge in [0.1, 0.15) is 0 Å². The number of nitrogens with one attached hydrogen (secondary N) is 2. The molecule has 0 fully saturated rings. The van der Waals surface area contributed by atoms with Crippen LogP contribution in [0.4, 0.5) is 23.1 Å². The lowest BCUT2D eigenvalue weighted by Crippen LogP contribution is -2.02. The van der Waals surface area contributed by atoms with Gasteiger partial charge in [0.15, 0.2) is 5.82 Å². The summed E-state index contributed by atoms with van der Waals surface area (Å²) in [6, 6.07) is 16.1. The van der Waals surface area contributed by atoms with Crippen LogP contribution in [-0.4, -0.2) is 15.2 Å². The summed E-state index contributed by atoms with van der Waals surface area (Å²) in [4.78, 5) is 4.42. The van der Waals surface area contributed by atoms with Crippen LogP contribution in [0.25, 0.3) is 0 Å². The van der Waals surface area contributed by atoms with Crippen LogP contribution in [0.5, 0.6) is 0 Å². The van der Waals surface area contributed by atoms with Crippen LogP contribution < -0.4 is 10.6 Å². The van der Waals surface area contributed by atoms with Crippen molar-refractivity contribution in [2.75, 3.05) is 10.6 Å². The number of aromatic nitrogens is 3. The lowest BCUT2D eigenvalue weighted by Gasteiger charge is -2.08. The second kappa shape index (κ2) is 6.22. The van der Waals surface area contributed by atoms with Gasteiger partial charge < -0.3 is 10.6 Å². The highest BCUT2D eigenvalue weighted by molar-refractivity contribution is 5.59. The summed E-state index contributed by atoms with van der Waals surface area (Å²) in [5.41, 5.74) is 4.29. The average molecular weight is 291 g/mol. The largest absolute Gasteiger partial charge is 0.339 e. The molecule has 0 atom stereocenters. The van der Waals surface area contributed by atoms with Crippen LogP contribution in [0.3, 0.4) is 0 Å². The smallest absolute Gasteiger partial charge is 0.249 e. The highest BCUT2D eigenvalue weighted by Crippen LogP contribution is 2.17. The lowest BCUT2D eigenvalue weighted by atomic mass is 10.2. The number of hydrogen-bond acceptors (Lipinski definition) is 5. The first-order valence-corrected chi connectivity index (χ1v) is 7.06. The Labute approximate surface area is 129 Å². The molecule has 0 aliphatic rings. The first-order chi connectivity index (χ1) is 10.7. The van der Waals surface area contributed by atoms with Gasteiger partial charge in [-0.05, 0) is 43.7 Å². The van der Waals surface area contributed by atoms with E-state index in [1.165, 1.54) is 11.1 Å². The van der Waals surface area contributed by atoms with Crippen LogP contribution in [0.1, 0.15) is 11.1 Å². The summed E-state index contributed by atoms with van der Waals surface area (Å²) in [5, 5.41) is 14.4. The molecule has 5 heteroatoms. The zero-order valence-electron chi connectivity index (χ0n) is 12.5. The summed E-state index contributed by atoms with van der Waals surface area (Å²) in [7, 11) is 0. The third-order valence-corrected chi connectivity index (χ3v) is 3.16. The van der Waals surface area contributed by atoms with Gasteiger partial charge in [-0.15, -0.1) is 5.10 Å². The van der Waals surface area contributed by atoms with Crippen molar-refractivity contribution in [1.82, 2.24) is 15.2 Å². The molecular formula is C17H17N5. The molecule has 0 amide bonds. The Morgan fingerprint density at radius 1 is 0.818 bits per heavy atom. The molecule has 110 valence electrons. The van der Waals surface area contributed by atoms with Crippen molar-refractivity contribution in [3.63, 3.8) is 0 Å². The third kappa shape index (κ3) is 3.58. The van der Waals surface area contributed by atoms with Gasteiger partial charge in [-0.1, -0.05) is 29.8 Å². The minimum Gasteiger partial charge on any atom is -0.339 e. The summed E-state index contributed by atoms with van der Waals surface area (Å²) < 4.78 is 0. The van der Waals surface area contributed by atoms with Crippen molar-refractivity contribution in [1.29, 1.82) is 0 Å². The molecule has 0 radical (unpaired) electrons. The molecule has 0 aliphatic heterocycles. The lowest BCUT2D eigenvalue weighted by molar-refractivity contribution is 0.982. The van der Waals surface area contributed by atoms with Crippen LogP contribution in [0, 0.1) is 13.8 Å². The molecule has 0 saturated heterocycles. The molecule has 3 rings (SSSR count). The first kappa shape index (κ1) is 14.0. The SMILES string of the molecule is Cc1ccc(Nc2cnnc(Nc3cccc(C)c3)n2)cc1. The van der Waals surface area contributed by atoms with Gasteiger partial charge in [0, 0.05) is 11.4 Å². The van der Waals surface area contributed by atoms with E-state index in [9.17, 15) is 0 Å². The second-order valence-corrected chi connectivity index (χ2v) is 5.15. The maximum Gasteiger partial charge on any atom is 0.249 e. The summed E-state index contributed by atoms with van der Waals surface area (Å²) in [5.74, 6) is 1.11. The molecular weight excluding hydrogens is 274 g/mol. The van der Waals surface area contributed by atoms with Gasteiger partial charge in [0.2, 0.25) is 5.95 Å². The zero-order chi connectivity index (χ0) is 15.4. The van der Waals surface area contributed by atoms with E-state index in [-0.39, 0.29) is 0 Å². The number of aryl methyl sites for hydroxylation is 2. The molecule has 3 aromatic rings. The van der Waals surface area contributed by atoms with E-state index in [4.69, 9.17) is 0 Å². The molecule has 0 aliphatic carbocycles. The van der Waals surface area contributed by atoms with E-state index < -0.39 is 0 Å². The van der Waals surface area contributed by atoms with Gasteiger partial charge in [-0.2, -0.15) is 10.1 Å². The quantitative estimate of drug-likeness (QED) is 0.761. The van der Waals surface area contributed by atoms with Crippen LogP contribution in [0.15, 0.2) is 54.7 Å². The summed E-state index contributed by atoms with van der Waals surface area (Å²) >= 11 is 0. The minimum atomic E-state index is 0.461. The molecule has 0 saturated carbocycles. The van der Waals surface area contributed by atoms with E-state index in [1.807, 2.05) is 55.5 Å². The van der Waals surface area contributed by atoms with Gasteiger partial charge in [-0.25, -0.2) is 0 Å². The Balaban J connectivity index is 1.76. The maximum absolute atomic E-state index is 4.42. The fourth-order valence-corrected chi connectivity index (χ4v) is 2.05. The van der Waals surface area contributed by atoms with E-state index in [0.29, 0.717) is 11.8 Å². The van der Waals surface area contributed by atoms with E-state index in [1.54, 1.807) is 6.20 Å². The summed E-state index contributed by atoms with van der Waals surface area (Å²) in [6.45, 7) is 4.10. The standard InChI is InChI=1S/C17H17N5/c1-12-6-8-14(9-7-12)19-16-11-18-22-17(21-16)20-15-5-3-4-13(2)10-15/h3-11H,1-2H3,(H2,19,20,21,22). The minimum absolute atomic E-state index is 0.461. The molecule has 2 aromatic carbocycles. The van der Waals surface area contributed by atoms with E-state index in [0.717, 1.165) is 11.4 Å². The topological polar surface area (TPSA) is 62.7 Å². The van der Waals surface area contributed by atoms with Crippen molar-refractivity contribution in [3.05, 3.63) is 65.9 Å². The third-order valence-electron chi connectivity index (χ3n) is 3.16. The molecule has 1 aromatic heterocycles. The van der Waals surface area contributed by atoms with Crippen LogP contribution in [0.2, 0.25) is 0 Å². The van der Waals surface area contributed by atoms with Crippen molar-refractivity contribution < 1.29 is 0 Å². The Hall–Kier alpha value is -2.95. The first-order valence-electron chi connectivity index (χ1n) is 7.06. The van der Waals surface area contributed by atoms with E-state index >= 15 is 0 Å². The summed E-state index contributed by atoms with van der Waals surface area (Å²) in [6.07, 6.45) is 1.60. The van der Waals surface area contributed by atoms with Crippen molar-refractivity contribution >= 4 is 23.1 Å². The van der Waals surface area contributed by atoms with Crippen LogP contribution >= 0.6 is 0 Å². The number of anilines is 4. The Kier molecular flexibility index (Phi) is 3.96. The maximum atomic E-state index is 4.42. The van der Waals surface area contributed by atoms with Crippen molar-refractivity contribution in [3.8, 4) is 0 Å². The normalized spacial score (nSPS) is 10.3. The molecule has 5 nitrogen and oxygen atoms in total. The Bertz CT molecular complexity index is 768. The predicted molar refractivity (Wildman–Crippen MR) is 88.8 cm³/mol. The molecule has 2 N–H and O–H groups in total. The molecule has 0 spiro atoms. The monoisotopic (exact) mass is 291 g/mol. The molecule has 0 bridgehead atoms. The fourth-order valence-electron chi connectivity index (χ4n) is 2.05.